The quantitative estimate of drug-likeness (QED) is 0.0361. The van der Waals surface area contributed by atoms with Gasteiger partial charge in [0.1, 0.15) is 13.2 Å². The predicted octanol–water partition coefficient (Wildman–Crippen LogP) is 12.8. The number of amides is 1. The number of carbonyl (C=O) groups is 3. The fourth-order valence-corrected chi connectivity index (χ4v) is 7.75. The molecule has 0 aromatic rings. The van der Waals surface area contributed by atoms with Gasteiger partial charge in [-0.25, -0.2) is 0 Å². The lowest BCUT2D eigenvalue weighted by atomic mass is 9.79. The first-order valence-corrected chi connectivity index (χ1v) is 23.9. The molecule has 326 valence electrons. The van der Waals surface area contributed by atoms with Gasteiger partial charge in [0.05, 0.1) is 0 Å². The first kappa shape index (κ1) is 50.5. The molecule has 0 N–H and O–H groups in total. The van der Waals surface area contributed by atoms with E-state index in [1.807, 2.05) is 4.90 Å². The van der Waals surface area contributed by atoms with Crippen LogP contribution in [0.4, 0.5) is 0 Å². The molecule has 2 aliphatic heterocycles. The summed E-state index contributed by atoms with van der Waals surface area (Å²) in [6, 6.07) is 0. The third-order valence-electron chi connectivity index (χ3n) is 11.8. The highest BCUT2D eigenvalue weighted by Crippen LogP contribution is 2.33. The number of piperidine rings is 1. The molecule has 0 saturated carbocycles. The molecule has 0 aromatic carbocycles. The van der Waals surface area contributed by atoms with Gasteiger partial charge in [-0.15, -0.1) is 0 Å². The summed E-state index contributed by atoms with van der Waals surface area (Å²) < 4.78 is 11.7. The standard InChI is InChI=1S/C50H86N2O5/c1-3-5-7-9-11-13-15-17-19-21-23-25-27-29-31-35-48(54)56-45-50(38-43-52(44-39-50)47(53)37-42-51-40-33-34-41-51)46-57-49(55)36-32-30-28-26-24-22-20-18-16-14-12-10-8-6-4-2/h11-14,17-20H,3-10,15-16,21-46H2,1-2H3/b13-11-,14-12-,19-17-,20-18-. The number of allylic oxidation sites excluding steroid dienone is 8. The zero-order valence-corrected chi connectivity index (χ0v) is 37.0. The highest BCUT2D eigenvalue weighted by molar-refractivity contribution is 5.76. The summed E-state index contributed by atoms with van der Waals surface area (Å²) in [7, 11) is 0. The van der Waals surface area contributed by atoms with Gasteiger partial charge in [-0.2, -0.15) is 0 Å². The lowest BCUT2D eigenvalue weighted by Crippen LogP contribution is -2.48. The highest BCUT2D eigenvalue weighted by Gasteiger charge is 2.38. The maximum Gasteiger partial charge on any atom is 0.305 e. The summed E-state index contributed by atoms with van der Waals surface area (Å²) in [6.07, 6.45) is 48.8. The van der Waals surface area contributed by atoms with E-state index in [4.69, 9.17) is 9.47 Å². The van der Waals surface area contributed by atoms with Crippen LogP contribution in [0.1, 0.15) is 200 Å². The van der Waals surface area contributed by atoms with Crippen molar-refractivity contribution in [3.05, 3.63) is 48.6 Å². The van der Waals surface area contributed by atoms with E-state index in [1.54, 1.807) is 0 Å². The molecule has 57 heavy (non-hydrogen) atoms. The second kappa shape index (κ2) is 35.3. The van der Waals surface area contributed by atoms with Crippen LogP contribution in [0.3, 0.4) is 0 Å². The van der Waals surface area contributed by atoms with Gasteiger partial charge in [0.15, 0.2) is 0 Å². The minimum absolute atomic E-state index is 0.166. The smallest absolute Gasteiger partial charge is 0.305 e. The molecule has 2 rings (SSSR count). The molecule has 0 bridgehead atoms. The first-order valence-electron chi connectivity index (χ1n) is 23.9. The molecular formula is C50H86N2O5. The second-order valence-electron chi connectivity index (χ2n) is 17.0. The summed E-state index contributed by atoms with van der Waals surface area (Å²) in [6.45, 7) is 9.23. The van der Waals surface area contributed by atoms with E-state index < -0.39 is 5.41 Å². The van der Waals surface area contributed by atoms with E-state index in [2.05, 4.69) is 67.4 Å². The molecule has 2 fully saturated rings. The molecule has 0 unspecified atom stereocenters. The maximum atomic E-state index is 13.1. The molecule has 0 radical (unpaired) electrons. The molecule has 2 heterocycles. The molecule has 7 heteroatoms. The van der Waals surface area contributed by atoms with Gasteiger partial charge in [-0.05, 0) is 116 Å². The van der Waals surface area contributed by atoms with E-state index in [0.29, 0.717) is 45.2 Å². The molecule has 0 atom stereocenters. The molecule has 0 aliphatic carbocycles. The lowest BCUT2D eigenvalue weighted by Gasteiger charge is -2.41. The average Bonchev–Trinajstić information content (AvgIpc) is 3.75. The summed E-state index contributed by atoms with van der Waals surface area (Å²) in [4.78, 5) is 43.1. The van der Waals surface area contributed by atoms with Crippen LogP contribution >= 0.6 is 0 Å². The number of rotatable bonds is 35. The van der Waals surface area contributed by atoms with Crippen molar-refractivity contribution < 1.29 is 23.9 Å². The number of hydrogen-bond donors (Lipinski definition) is 0. The first-order chi connectivity index (χ1) is 28.0. The van der Waals surface area contributed by atoms with Crippen molar-refractivity contribution in [3.63, 3.8) is 0 Å². The van der Waals surface area contributed by atoms with Crippen LogP contribution < -0.4 is 0 Å². The molecule has 0 aromatic heterocycles. The Bertz CT molecular complexity index is 1070. The third kappa shape index (κ3) is 27.6. The molecule has 2 saturated heterocycles. The number of ether oxygens (including phenoxy) is 2. The fraction of sp³-hybridized carbons (Fsp3) is 0.780. The number of likely N-dealkylation sites (tertiary alicyclic amines) is 2. The van der Waals surface area contributed by atoms with Crippen molar-refractivity contribution in [2.75, 3.05) is 45.9 Å². The van der Waals surface area contributed by atoms with Crippen molar-refractivity contribution in [1.29, 1.82) is 0 Å². The zero-order valence-electron chi connectivity index (χ0n) is 37.0. The Morgan fingerprint density at radius 1 is 0.491 bits per heavy atom. The minimum atomic E-state index is -0.437. The van der Waals surface area contributed by atoms with Crippen molar-refractivity contribution in [2.45, 2.75) is 200 Å². The van der Waals surface area contributed by atoms with Crippen molar-refractivity contribution in [1.82, 2.24) is 9.80 Å². The Morgan fingerprint density at radius 2 is 0.895 bits per heavy atom. The highest BCUT2D eigenvalue weighted by atomic mass is 16.5. The fourth-order valence-electron chi connectivity index (χ4n) is 7.75. The van der Waals surface area contributed by atoms with Crippen LogP contribution in [-0.4, -0.2) is 73.6 Å². The van der Waals surface area contributed by atoms with E-state index in [-0.39, 0.29) is 31.1 Å². The number of hydrogen-bond acceptors (Lipinski definition) is 6. The van der Waals surface area contributed by atoms with Gasteiger partial charge < -0.3 is 19.3 Å². The van der Waals surface area contributed by atoms with Crippen LogP contribution in [-0.2, 0) is 23.9 Å². The van der Waals surface area contributed by atoms with E-state index in [0.717, 1.165) is 83.8 Å². The topological polar surface area (TPSA) is 76.1 Å². The number of esters is 2. The maximum absolute atomic E-state index is 13.1. The largest absolute Gasteiger partial charge is 0.465 e. The van der Waals surface area contributed by atoms with Crippen LogP contribution in [0.25, 0.3) is 0 Å². The van der Waals surface area contributed by atoms with E-state index in [9.17, 15) is 14.4 Å². The van der Waals surface area contributed by atoms with E-state index >= 15 is 0 Å². The molecule has 1 amide bonds. The van der Waals surface area contributed by atoms with Crippen LogP contribution in [0, 0.1) is 5.41 Å². The Balaban J connectivity index is 1.65. The summed E-state index contributed by atoms with van der Waals surface area (Å²) in [5.41, 5.74) is -0.437. The second-order valence-corrected chi connectivity index (χ2v) is 17.0. The Labute approximate surface area is 350 Å². The zero-order chi connectivity index (χ0) is 40.9. The summed E-state index contributed by atoms with van der Waals surface area (Å²) >= 11 is 0. The van der Waals surface area contributed by atoms with Gasteiger partial charge in [-0.1, -0.05) is 127 Å². The lowest BCUT2D eigenvalue weighted by molar-refractivity contribution is -0.158. The molecule has 7 nitrogen and oxygen atoms in total. The monoisotopic (exact) mass is 795 g/mol. The minimum Gasteiger partial charge on any atom is -0.465 e. The van der Waals surface area contributed by atoms with Gasteiger partial charge >= 0.3 is 11.9 Å². The molecule has 0 spiro atoms. The van der Waals surface area contributed by atoms with E-state index in [1.165, 1.54) is 89.9 Å². The van der Waals surface area contributed by atoms with Gasteiger partial charge in [-0.3, -0.25) is 14.4 Å². The number of unbranched alkanes of at least 4 members (excludes halogenated alkanes) is 16. The molecular weight excluding hydrogens is 709 g/mol. The van der Waals surface area contributed by atoms with Gasteiger partial charge in [0, 0.05) is 44.3 Å². The van der Waals surface area contributed by atoms with Crippen LogP contribution in [0.5, 0.6) is 0 Å². The Hall–Kier alpha value is -2.67. The number of nitrogens with zero attached hydrogens (tertiary/aromatic N) is 2. The van der Waals surface area contributed by atoms with Crippen LogP contribution in [0.2, 0.25) is 0 Å². The van der Waals surface area contributed by atoms with Crippen LogP contribution in [0.15, 0.2) is 48.6 Å². The van der Waals surface area contributed by atoms with Gasteiger partial charge in [0.2, 0.25) is 5.91 Å². The van der Waals surface area contributed by atoms with Crippen molar-refractivity contribution in [2.24, 2.45) is 5.41 Å². The normalized spacial score (nSPS) is 16.2. The van der Waals surface area contributed by atoms with Gasteiger partial charge in [0.25, 0.3) is 0 Å². The molecule has 2 aliphatic rings. The Kier molecular flexibility index (Phi) is 31.2. The Morgan fingerprint density at radius 3 is 1.33 bits per heavy atom. The summed E-state index contributed by atoms with van der Waals surface area (Å²) in [5.74, 6) is -0.131. The number of carbonyl (C=O) groups excluding carboxylic acids is 3. The third-order valence-corrected chi connectivity index (χ3v) is 11.8. The van der Waals surface area contributed by atoms with Crippen molar-refractivity contribution >= 4 is 17.8 Å². The SMILES string of the molecule is CCCCC/C=C\C/C=C\CCCCCCCC(=O)OCC1(COC(=O)CCCCCCC/C=C\C/C=C\CCCCC)CCN(C(=O)CCN2CCCC2)CC1. The average molecular weight is 795 g/mol. The predicted molar refractivity (Wildman–Crippen MR) is 239 cm³/mol. The summed E-state index contributed by atoms with van der Waals surface area (Å²) in [5, 5.41) is 0. The van der Waals surface area contributed by atoms with Crippen molar-refractivity contribution in [3.8, 4) is 0 Å².